The molecule has 0 unspecified atom stereocenters. The Morgan fingerprint density at radius 1 is 1.38 bits per heavy atom. The van der Waals surface area contributed by atoms with Crippen molar-refractivity contribution >= 4 is 0 Å². The first kappa shape index (κ1) is 10.4. The largest absolute Gasteiger partial charge is 0.343 e. The molecule has 0 aliphatic carbocycles. The normalized spacial score (nSPS) is 10.4. The van der Waals surface area contributed by atoms with E-state index in [0.717, 1.165) is 5.56 Å². The van der Waals surface area contributed by atoms with Crippen molar-refractivity contribution in [2.24, 2.45) is 0 Å². The molecule has 0 saturated heterocycles. The minimum atomic E-state index is 0.299. The topological polar surface area (TPSA) is 65.4 Å². The van der Waals surface area contributed by atoms with Crippen LogP contribution in [0, 0.1) is 11.3 Å². The van der Waals surface area contributed by atoms with Gasteiger partial charge in [0.1, 0.15) is 17.5 Å². The second-order valence-electron chi connectivity index (χ2n) is 3.84. The fraction of sp³-hybridized carbons (Fsp3) is 0.250. The van der Waals surface area contributed by atoms with E-state index in [9.17, 15) is 0 Å². The molecular formula is C12H12N4. The van der Waals surface area contributed by atoms with E-state index in [0.29, 0.717) is 23.1 Å². The maximum Gasteiger partial charge on any atom is 0.156 e. The summed E-state index contributed by atoms with van der Waals surface area (Å²) in [6, 6.07) is 5.95. The van der Waals surface area contributed by atoms with Crippen molar-refractivity contribution in [3.8, 4) is 17.6 Å². The van der Waals surface area contributed by atoms with Gasteiger partial charge in [0.15, 0.2) is 5.82 Å². The Morgan fingerprint density at radius 2 is 2.19 bits per heavy atom. The van der Waals surface area contributed by atoms with Gasteiger partial charge < -0.3 is 4.98 Å². The van der Waals surface area contributed by atoms with Crippen LogP contribution in [0.2, 0.25) is 0 Å². The van der Waals surface area contributed by atoms with Gasteiger partial charge in [0.25, 0.3) is 0 Å². The van der Waals surface area contributed by atoms with Crippen molar-refractivity contribution in [2.45, 2.75) is 19.8 Å². The van der Waals surface area contributed by atoms with E-state index >= 15 is 0 Å². The lowest BCUT2D eigenvalue weighted by atomic mass is 10.0. The maximum atomic E-state index is 9.05. The predicted octanol–water partition coefficient (Wildman–Crippen LogP) is 2.47. The van der Waals surface area contributed by atoms with Gasteiger partial charge in [0.2, 0.25) is 0 Å². The third-order valence-electron chi connectivity index (χ3n) is 2.40. The molecule has 2 aromatic rings. The zero-order valence-electron chi connectivity index (χ0n) is 9.23. The fourth-order valence-corrected chi connectivity index (χ4v) is 1.56. The second-order valence-corrected chi connectivity index (χ2v) is 3.84. The third kappa shape index (κ3) is 1.80. The number of rotatable bonds is 2. The summed E-state index contributed by atoms with van der Waals surface area (Å²) in [6.07, 6.45) is 3.40. The number of hydrogen-bond donors (Lipinski definition) is 1. The highest BCUT2D eigenvalue weighted by Gasteiger charge is 2.10. The second kappa shape index (κ2) is 4.15. The molecule has 0 fully saturated rings. The standard InChI is InChI=1S/C12H12N4/c1-8(2)9-3-4-10(16-11(9)7-13)12-14-5-6-15-12/h3-6,8H,1-2H3,(H,14,15). The van der Waals surface area contributed by atoms with Gasteiger partial charge >= 0.3 is 0 Å². The number of imidazole rings is 1. The van der Waals surface area contributed by atoms with E-state index in [1.807, 2.05) is 26.0 Å². The molecular weight excluding hydrogens is 200 g/mol. The molecule has 0 radical (unpaired) electrons. The number of hydrogen-bond acceptors (Lipinski definition) is 3. The summed E-state index contributed by atoms with van der Waals surface area (Å²) in [4.78, 5) is 11.4. The van der Waals surface area contributed by atoms with Crippen LogP contribution in [-0.4, -0.2) is 15.0 Å². The molecule has 0 spiro atoms. The van der Waals surface area contributed by atoms with Crippen molar-refractivity contribution < 1.29 is 0 Å². The quantitative estimate of drug-likeness (QED) is 0.831. The molecule has 4 heteroatoms. The van der Waals surface area contributed by atoms with Crippen molar-refractivity contribution in [1.29, 1.82) is 5.26 Å². The third-order valence-corrected chi connectivity index (χ3v) is 2.40. The van der Waals surface area contributed by atoms with Crippen molar-refractivity contribution in [3.05, 3.63) is 35.8 Å². The smallest absolute Gasteiger partial charge is 0.156 e. The average Bonchev–Trinajstić information content (AvgIpc) is 2.81. The molecule has 16 heavy (non-hydrogen) atoms. The number of pyridine rings is 1. The first-order valence-electron chi connectivity index (χ1n) is 5.13. The Kier molecular flexibility index (Phi) is 2.69. The van der Waals surface area contributed by atoms with E-state index in [2.05, 4.69) is 21.0 Å². The van der Waals surface area contributed by atoms with Gasteiger partial charge in [-0.15, -0.1) is 0 Å². The average molecular weight is 212 g/mol. The summed E-state index contributed by atoms with van der Waals surface area (Å²) < 4.78 is 0. The number of H-pyrrole nitrogens is 1. The first-order valence-corrected chi connectivity index (χ1v) is 5.13. The van der Waals surface area contributed by atoms with Gasteiger partial charge in [-0.25, -0.2) is 9.97 Å². The summed E-state index contributed by atoms with van der Waals surface area (Å²) in [6.45, 7) is 4.09. The van der Waals surface area contributed by atoms with Crippen LogP contribution in [0.1, 0.15) is 31.0 Å². The number of nitrogens with one attached hydrogen (secondary N) is 1. The molecule has 0 bridgehead atoms. The van der Waals surface area contributed by atoms with Gasteiger partial charge in [-0.05, 0) is 17.5 Å². The number of aromatic nitrogens is 3. The van der Waals surface area contributed by atoms with Gasteiger partial charge in [0.05, 0.1) is 0 Å². The van der Waals surface area contributed by atoms with Crippen LogP contribution < -0.4 is 0 Å². The molecule has 1 N–H and O–H groups in total. The number of aromatic amines is 1. The van der Waals surface area contributed by atoms with Gasteiger partial charge in [-0.1, -0.05) is 19.9 Å². The number of nitrogens with zero attached hydrogens (tertiary/aromatic N) is 3. The van der Waals surface area contributed by atoms with Crippen LogP contribution >= 0.6 is 0 Å². The Morgan fingerprint density at radius 3 is 2.75 bits per heavy atom. The lowest BCUT2D eigenvalue weighted by molar-refractivity contribution is 0.852. The summed E-state index contributed by atoms with van der Waals surface area (Å²) in [5.74, 6) is 0.986. The molecule has 0 amide bonds. The molecule has 4 nitrogen and oxygen atoms in total. The lowest BCUT2D eigenvalue weighted by Crippen LogP contribution is -1.98. The minimum Gasteiger partial charge on any atom is -0.343 e. The van der Waals surface area contributed by atoms with Crippen LogP contribution in [0.15, 0.2) is 24.5 Å². The molecule has 2 aromatic heterocycles. The van der Waals surface area contributed by atoms with Crippen molar-refractivity contribution in [1.82, 2.24) is 15.0 Å². The highest BCUT2D eigenvalue weighted by Crippen LogP contribution is 2.20. The highest BCUT2D eigenvalue weighted by molar-refractivity contribution is 5.52. The van der Waals surface area contributed by atoms with E-state index in [-0.39, 0.29) is 0 Å². The molecule has 80 valence electrons. The van der Waals surface area contributed by atoms with Crippen LogP contribution in [0.5, 0.6) is 0 Å². The van der Waals surface area contributed by atoms with Gasteiger partial charge in [-0.3, -0.25) is 0 Å². The van der Waals surface area contributed by atoms with Crippen molar-refractivity contribution in [2.75, 3.05) is 0 Å². The molecule has 2 heterocycles. The van der Waals surface area contributed by atoms with Crippen LogP contribution in [0.3, 0.4) is 0 Å². The molecule has 0 atom stereocenters. The molecule has 0 aliphatic rings. The molecule has 0 saturated carbocycles. The highest BCUT2D eigenvalue weighted by atomic mass is 14.9. The van der Waals surface area contributed by atoms with Gasteiger partial charge in [-0.2, -0.15) is 5.26 Å². The maximum absolute atomic E-state index is 9.05. The Labute approximate surface area is 94.0 Å². The Balaban J connectivity index is 2.50. The van der Waals surface area contributed by atoms with Crippen LogP contribution in [0.25, 0.3) is 11.5 Å². The van der Waals surface area contributed by atoms with E-state index in [1.165, 1.54) is 0 Å². The Hall–Kier alpha value is -2.15. The summed E-state index contributed by atoms with van der Waals surface area (Å²) >= 11 is 0. The Bertz CT molecular complexity index is 520. The predicted molar refractivity (Wildman–Crippen MR) is 60.6 cm³/mol. The fourth-order valence-electron chi connectivity index (χ4n) is 1.56. The van der Waals surface area contributed by atoms with Crippen LogP contribution in [-0.2, 0) is 0 Å². The summed E-state index contributed by atoms with van der Waals surface area (Å²) in [5, 5.41) is 9.05. The number of nitriles is 1. The minimum absolute atomic E-state index is 0.299. The first-order chi connectivity index (χ1) is 7.72. The molecule has 2 rings (SSSR count). The summed E-state index contributed by atoms with van der Waals surface area (Å²) in [5.41, 5.74) is 2.15. The van der Waals surface area contributed by atoms with Crippen LogP contribution in [0.4, 0.5) is 0 Å². The van der Waals surface area contributed by atoms with E-state index in [1.54, 1.807) is 12.4 Å². The lowest BCUT2D eigenvalue weighted by Gasteiger charge is -2.07. The zero-order chi connectivity index (χ0) is 11.5. The van der Waals surface area contributed by atoms with E-state index < -0.39 is 0 Å². The monoisotopic (exact) mass is 212 g/mol. The van der Waals surface area contributed by atoms with E-state index in [4.69, 9.17) is 5.26 Å². The van der Waals surface area contributed by atoms with Gasteiger partial charge in [0, 0.05) is 12.4 Å². The SMILES string of the molecule is CC(C)c1ccc(-c2ncc[nH]2)nc1C#N. The molecule has 0 aromatic carbocycles. The van der Waals surface area contributed by atoms with Crippen molar-refractivity contribution in [3.63, 3.8) is 0 Å². The molecule has 0 aliphatic heterocycles. The zero-order valence-corrected chi connectivity index (χ0v) is 9.23. The summed E-state index contributed by atoms with van der Waals surface area (Å²) in [7, 11) is 0.